The summed E-state index contributed by atoms with van der Waals surface area (Å²) in [7, 11) is 0. The van der Waals surface area contributed by atoms with Gasteiger partial charge in [-0.15, -0.1) is 10.2 Å². The van der Waals surface area contributed by atoms with Crippen LogP contribution in [0.2, 0.25) is 5.02 Å². The molecular weight excluding hydrogens is 174 g/mol. The van der Waals surface area contributed by atoms with E-state index in [-0.39, 0.29) is 0 Å². The first-order valence-electron chi connectivity index (χ1n) is 3.52. The quantitative estimate of drug-likeness (QED) is 0.621. The van der Waals surface area contributed by atoms with E-state index in [2.05, 4.69) is 15.2 Å². The van der Waals surface area contributed by atoms with Gasteiger partial charge in [0, 0.05) is 5.02 Å². The second kappa shape index (κ2) is 2.68. The molecule has 0 aliphatic heterocycles. The van der Waals surface area contributed by atoms with E-state index < -0.39 is 0 Å². The molecule has 12 heavy (non-hydrogen) atoms. The Hall–Kier alpha value is -1.22. The summed E-state index contributed by atoms with van der Waals surface area (Å²) >= 11 is 5.78. The topological polar surface area (TPSA) is 38.7 Å². The molecule has 0 N–H and O–H groups in total. The van der Waals surface area contributed by atoms with Crippen LogP contribution in [0.4, 0.5) is 0 Å². The maximum Gasteiger partial charge on any atom is 0.148 e. The van der Waals surface area contributed by atoms with Crippen LogP contribution in [-0.2, 0) is 0 Å². The van der Waals surface area contributed by atoms with Gasteiger partial charge in [-0.1, -0.05) is 11.6 Å². The molecule has 1 aromatic heterocycles. The number of aromatic nitrogens is 3. The van der Waals surface area contributed by atoms with Crippen LogP contribution in [0.1, 0.15) is 5.82 Å². The number of halogens is 1. The van der Waals surface area contributed by atoms with Crippen LogP contribution < -0.4 is 0 Å². The zero-order valence-corrected chi connectivity index (χ0v) is 7.21. The Morgan fingerprint density at radius 1 is 1.17 bits per heavy atom. The van der Waals surface area contributed by atoms with Crippen molar-refractivity contribution in [3.8, 4) is 0 Å². The summed E-state index contributed by atoms with van der Waals surface area (Å²) in [5.41, 5.74) is 1.56. The number of benzene rings is 1. The largest absolute Gasteiger partial charge is 0.230 e. The summed E-state index contributed by atoms with van der Waals surface area (Å²) < 4.78 is 0. The fraction of sp³-hybridized carbons (Fsp3) is 0.125. The number of hydrogen-bond donors (Lipinski definition) is 0. The van der Waals surface area contributed by atoms with Crippen molar-refractivity contribution in [1.29, 1.82) is 0 Å². The third kappa shape index (κ3) is 1.23. The number of aryl methyl sites for hydroxylation is 1. The van der Waals surface area contributed by atoms with Crippen LogP contribution in [0.15, 0.2) is 18.2 Å². The number of hydrogen-bond acceptors (Lipinski definition) is 3. The minimum atomic E-state index is 0.657. The Kier molecular flexibility index (Phi) is 1.66. The first-order valence-corrected chi connectivity index (χ1v) is 3.90. The van der Waals surface area contributed by atoms with Gasteiger partial charge in [-0.25, -0.2) is 4.98 Å². The zero-order chi connectivity index (χ0) is 8.55. The molecule has 0 spiro atoms. The van der Waals surface area contributed by atoms with Crippen molar-refractivity contribution in [2.24, 2.45) is 0 Å². The molecular formula is C8H6ClN3. The molecule has 4 heteroatoms. The van der Waals surface area contributed by atoms with Crippen LogP contribution in [-0.4, -0.2) is 15.2 Å². The van der Waals surface area contributed by atoms with Gasteiger partial charge < -0.3 is 0 Å². The van der Waals surface area contributed by atoms with Gasteiger partial charge in [-0.2, -0.15) is 0 Å². The van der Waals surface area contributed by atoms with Crippen molar-refractivity contribution >= 4 is 22.6 Å². The fourth-order valence-corrected chi connectivity index (χ4v) is 1.16. The molecule has 2 rings (SSSR count). The highest BCUT2D eigenvalue weighted by molar-refractivity contribution is 6.31. The van der Waals surface area contributed by atoms with E-state index in [1.807, 2.05) is 0 Å². The average Bonchev–Trinajstić information content (AvgIpc) is 2.03. The molecule has 0 amide bonds. The van der Waals surface area contributed by atoms with Crippen molar-refractivity contribution < 1.29 is 0 Å². The Morgan fingerprint density at radius 2 is 2.00 bits per heavy atom. The van der Waals surface area contributed by atoms with Crippen molar-refractivity contribution in [2.75, 3.05) is 0 Å². The second-order valence-electron chi connectivity index (χ2n) is 2.49. The van der Waals surface area contributed by atoms with Gasteiger partial charge in [-0.3, -0.25) is 0 Å². The summed E-state index contributed by atoms with van der Waals surface area (Å²) in [6.45, 7) is 1.80. The van der Waals surface area contributed by atoms with E-state index in [0.717, 1.165) is 11.0 Å². The van der Waals surface area contributed by atoms with Crippen LogP contribution in [0.25, 0.3) is 11.0 Å². The summed E-state index contributed by atoms with van der Waals surface area (Å²) in [5, 5.41) is 8.45. The molecule has 0 saturated heterocycles. The van der Waals surface area contributed by atoms with Crippen molar-refractivity contribution in [3.05, 3.63) is 29.0 Å². The first kappa shape index (κ1) is 7.43. The molecule has 0 bridgehead atoms. The minimum absolute atomic E-state index is 0.657. The molecule has 3 nitrogen and oxygen atoms in total. The Balaban J connectivity index is 2.80. The highest BCUT2D eigenvalue weighted by atomic mass is 35.5. The monoisotopic (exact) mass is 179 g/mol. The predicted molar refractivity (Wildman–Crippen MR) is 47.1 cm³/mol. The van der Waals surface area contributed by atoms with Gasteiger partial charge in [0.25, 0.3) is 0 Å². The standard InChI is InChI=1S/C8H6ClN3/c1-5-10-8-4-6(9)2-3-7(8)12-11-5/h2-4H,1H3. The Morgan fingerprint density at radius 3 is 2.83 bits per heavy atom. The van der Waals surface area contributed by atoms with Crippen LogP contribution in [0.3, 0.4) is 0 Å². The lowest BCUT2D eigenvalue weighted by molar-refractivity contribution is 0.952. The van der Waals surface area contributed by atoms with Crippen LogP contribution >= 0.6 is 11.6 Å². The molecule has 0 atom stereocenters. The van der Waals surface area contributed by atoms with E-state index >= 15 is 0 Å². The molecule has 1 aromatic carbocycles. The van der Waals surface area contributed by atoms with Crippen molar-refractivity contribution in [3.63, 3.8) is 0 Å². The van der Waals surface area contributed by atoms with Gasteiger partial charge in [0.15, 0.2) is 0 Å². The molecule has 0 saturated carbocycles. The highest BCUT2D eigenvalue weighted by Crippen LogP contribution is 2.14. The van der Waals surface area contributed by atoms with Crippen LogP contribution in [0.5, 0.6) is 0 Å². The van der Waals surface area contributed by atoms with E-state index in [1.54, 1.807) is 25.1 Å². The third-order valence-electron chi connectivity index (χ3n) is 1.52. The maximum absolute atomic E-state index is 5.78. The highest BCUT2D eigenvalue weighted by Gasteiger charge is 1.97. The molecule has 0 unspecified atom stereocenters. The van der Waals surface area contributed by atoms with Crippen molar-refractivity contribution in [1.82, 2.24) is 15.2 Å². The van der Waals surface area contributed by atoms with Gasteiger partial charge in [-0.05, 0) is 25.1 Å². The van der Waals surface area contributed by atoms with Crippen molar-refractivity contribution in [2.45, 2.75) is 6.92 Å². The summed E-state index contributed by atoms with van der Waals surface area (Å²) in [6, 6.07) is 5.35. The smallest absolute Gasteiger partial charge is 0.148 e. The molecule has 0 fully saturated rings. The lowest BCUT2D eigenvalue weighted by Crippen LogP contribution is -1.91. The van der Waals surface area contributed by atoms with E-state index in [1.165, 1.54) is 0 Å². The number of nitrogens with zero attached hydrogens (tertiary/aromatic N) is 3. The Bertz CT molecular complexity index is 391. The minimum Gasteiger partial charge on any atom is -0.230 e. The molecule has 0 aliphatic rings. The van der Waals surface area contributed by atoms with Gasteiger partial charge in [0.2, 0.25) is 0 Å². The second-order valence-corrected chi connectivity index (χ2v) is 2.93. The maximum atomic E-state index is 5.78. The lowest BCUT2D eigenvalue weighted by Gasteiger charge is -1.95. The third-order valence-corrected chi connectivity index (χ3v) is 1.76. The summed E-state index contributed by atoms with van der Waals surface area (Å²) in [6.07, 6.45) is 0. The zero-order valence-electron chi connectivity index (χ0n) is 6.45. The van der Waals surface area contributed by atoms with Gasteiger partial charge >= 0.3 is 0 Å². The molecule has 2 aromatic rings. The molecule has 1 heterocycles. The fourth-order valence-electron chi connectivity index (χ4n) is 0.994. The first-order chi connectivity index (χ1) is 5.75. The molecule has 0 aliphatic carbocycles. The molecule has 60 valence electrons. The molecule has 0 radical (unpaired) electrons. The predicted octanol–water partition coefficient (Wildman–Crippen LogP) is 1.99. The summed E-state index contributed by atoms with van der Waals surface area (Å²) in [4.78, 5) is 4.18. The van der Waals surface area contributed by atoms with E-state index in [9.17, 15) is 0 Å². The lowest BCUT2D eigenvalue weighted by atomic mass is 10.3. The normalized spacial score (nSPS) is 10.5. The average molecular weight is 180 g/mol. The summed E-state index contributed by atoms with van der Waals surface area (Å²) in [5.74, 6) is 0.657. The number of rotatable bonds is 0. The van der Waals surface area contributed by atoms with Gasteiger partial charge in [0.05, 0.1) is 5.52 Å². The number of fused-ring (bicyclic) bond motifs is 1. The van der Waals surface area contributed by atoms with Crippen LogP contribution in [0, 0.1) is 6.92 Å². The Labute approximate surface area is 74.4 Å². The van der Waals surface area contributed by atoms with E-state index in [4.69, 9.17) is 11.6 Å². The van der Waals surface area contributed by atoms with E-state index in [0.29, 0.717) is 10.8 Å². The van der Waals surface area contributed by atoms with Gasteiger partial charge in [0.1, 0.15) is 11.3 Å². The SMILES string of the molecule is Cc1nnc2ccc(Cl)cc2n1.